The summed E-state index contributed by atoms with van der Waals surface area (Å²) in [5, 5.41) is 0. The number of anilines is 1. The summed E-state index contributed by atoms with van der Waals surface area (Å²) in [6.45, 7) is 1.83. The molecule has 0 heterocycles. The van der Waals surface area contributed by atoms with Crippen LogP contribution >= 0.6 is 0 Å². The molecular weight excluding hydrogens is 273 g/mol. The molecule has 0 bridgehead atoms. The van der Waals surface area contributed by atoms with Crippen molar-refractivity contribution in [2.45, 2.75) is 13.5 Å². The molecule has 0 aliphatic rings. The summed E-state index contributed by atoms with van der Waals surface area (Å²) < 4.78 is 23.3. The molecule has 2 rings (SSSR count). The maximum absolute atomic E-state index is 13.0. The molecule has 0 amide bonds. The molecule has 0 saturated carbocycles. The molecule has 5 heteroatoms. The van der Waals surface area contributed by atoms with Gasteiger partial charge in [0.15, 0.2) is 0 Å². The lowest BCUT2D eigenvalue weighted by atomic mass is 10.1. The normalized spacial score (nSPS) is 10.2. The Balaban J connectivity index is 2.09. The first-order valence-corrected chi connectivity index (χ1v) is 6.36. The van der Waals surface area contributed by atoms with Crippen LogP contribution in [0.15, 0.2) is 36.4 Å². The standard InChI is InChI=1S/C16H16FNO3/c1-10-5-13(17)4-3-11(10)9-21-16(19)12-6-14(18)8-15(7-12)20-2/h3-8H,9,18H2,1-2H3. The fraction of sp³-hybridized carbons (Fsp3) is 0.188. The number of hydrogen-bond acceptors (Lipinski definition) is 4. The van der Waals surface area contributed by atoms with E-state index >= 15 is 0 Å². The summed E-state index contributed by atoms with van der Waals surface area (Å²) in [5.41, 5.74) is 7.90. The Morgan fingerprint density at radius 2 is 2.00 bits per heavy atom. The van der Waals surface area contributed by atoms with Crippen molar-refractivity contribution in [3.05, 3.63) is 58.9 Å². The van der Waals surface area contributed by atoms with E-state index in [-0.39, 0.29) is 12.4 Å². The van der Waals surface area contributed by atoms with Crippen molar-refractivity contribution in [2.75, 3.05) is 12.8 Å². The van der Waals surface area contributed by atoms with Gasteiger partial charge in [0.1, 0.15) is 18.2 Å². The van der Waals surface area contributed by atoms with Gasteiger partial charge in [0.05, 0.1) is 12.7 Å². The van der Waals surface area contributed by atoms with Gasteiger partial charge in [-0.15, -0.1) is 0 Å². The number of nitrogen functional groups attached to an aromatic ring is 1. The van der Waals surface area contributed by atoms with Crippen molar-refractivity contribution in [2.24, 2.45) is 0 Å². The van der Waals surface area contributed by atoms with Gasteiger partial charge in [0, 0.05) is 11.8 Å². The van der Waals surface area contributed by atoms with Crippen LogP contribution in [0, 0.1) is 12.7 Å². The second kappa shape index (κ2) is 6.26. The third kappa shape index (κ3) is 3.72. The van der Waals surface area contributed by atoms with Crippen molar-refractivity contribution < 1.29 is 18.7 Å². The lowest BCUT2D eigenvalue weighted by molar-refractivity contribution is 0.0472. The number of halogens is 1. The van der Waals surface area contributed by atoms with Crippen LogP contribution in [0.1, 0.15) is 21.5 Å². The average Bonchev–Trinajstić information content (AvgIpc) is 2.45. The number of benzene rings is 2. The Hall–Kier alpha value is -2.56. The van der Waals surface area contributed by atoms with Gasteiger partial charge < -0.3 is 15.2 Å². The lowest BCUT2D eigenvalue weighted by Gasteiger charge is -2.09. The average molecular weight is 289 g/mol. The monoisotopic (exact) mass is 289 g/mol. The van der Waals surface area contributed by atoms with Crippen LogP contribution in [0.5, 0.6) is 5.75 Å². The van der Waals surface area contributed by atoms with E-state index in [0.29, 0.717) is 17.0 Å². The highest BCUT2D eigenvalue weighted by Gasteiger charge is 2.11. The Morgan fingerprint density at radius 1 is 1.24 bits per heavy atom. The second-order valence-corrected chi connectivity index (χ2v) is 4.64. The van der Waals surface area contributed by atoms with E-state index in [1.54, 1.807) is 25.1 Å². The summed E-state index contributed by atoms with van der Waals surface area (Å²) in [6.07, 6.45) is 0. The lowest BCUT2D eigenvalue weighted by Crippen LogP contribution is -2.07. The summed E-state index contributed by atoms with van der Waals surface area (Å²) >= 11 is 0. The smallest absolute Gasteiger partial charge is 0.338 e. The Morgan fingerprint density at radius 3 is 2.67 bits per heavy atom. The zero-order valence-corrected chi connectivity index (χ0v) is 11.9. The largest absolute Gasteiger partial charge is 0.497 e. The quantitative estimate of drug-likeness (QED) is 0.694. The molecule has 0 spiro atoms. The Bertz CT molecular complexity index is 671. The Kier molecular flexibility index (Phi) is 4.42. The van der Waals surface area contributed by atoms with Gasteiger partial charge in [0.2, 0.25) is 0 Å². The molecule has 2 aromatic carbocycles. The Labute approximate surface area is 122 Å². The number of esters is 1. The van der Waals surface area contributed by atoms with E-state index in [2.05, 4.69) is 0 Å². The van der Waals surface area contributed by atoms with E-state index < -0.39 is 5.97 Å². The van der Waals surface area contributed by atoms with E-state index in [9.17, 15) is 9.18 Å². The SMILES string of the molecule is COc1cc(N)cc(C(=O)OCc2ccc(F)cc2C)c1. The number of aryl methyl sites for hydroxylation is 1. The molecular formula is C16H16FNO3. The van der Waals surface area contributed by atoms with Crippen molar-refractivity contribution in [3.8, 4) is 5.75 Å². The molecule has 2 aromatic rings. The summed E-state index contributed by atoms with van der Waals surface area (Å²) in [5.74, 6) is -0.340. The van der Waals surface area contributed by atoms with Gasteiger partial charge in [-0.1, -0.05) is 6.07 Å². The minimum atomic E-state index is -0.510. The van der Waals surface area contributed by atoms with Crippen LogP contribution < -0.4 is 10.5 Å². The zero-order valence-electron chi connectivity index (χ0n) is 11.9. The van der Waals surface area contributed by atoms with E-state index in [4.69, 9.17) is 15.2 Å². The number of carbonyl (C=O) groups is 1. The molecule has 0 aliphatic carbocycles. The van der Waals surface area contributed by atoms with Crippen molar-refractivity contribution in [1.29, 1.82) is 0 Å². The van der Waals surface area contributed by atoms with Gasteiger partial charge in [-0.05, 0) is 42.3 Å². The highest BCUT2D eigenvalue weighted by molar-refractivity contribution is 5.91. The van der Waals surface area contributed by atoms with Crippen LogP contribution in [0.3, 0.4) is 0 Å². The molecule has 0 fully saturated rings. The van der Waals surface area contributed by atoms with Gasteiger partial charge in [-0.2, -0.15) is 0 Å². The molecule has 0 saturated heterocycles. The minimum absolute atomic E-state index is 0.0715. The summed E-state index contributed by atoms with van der Waals surface area (Å²) in [4.78, 5) is 12.0. The predicted octanol–water partition coefficient (Wildman–Crippen LogP) is 3.08. The van der Waals surface area contributed by atoms with Gasteiger partial charge in [0.25, 0.3) is 0 Å². The van der Waals surface area contributed by atoms with Crippen molar-refractivity contribution >= 4 is 11.7 Å². The maximum Gasteiger partial charge on any atom is 0.338 e. The van der Waals surface area contributed by atoms with Crippen LogP contribution in [-0.4, -0.2) is 13.1 Å². The number of hydrogen-bond donors (Lipinski definition) is 1. The first kappa shape index (κ1) is 14.8. The maximum atomic E-state index is 13.0. The second-order valence-electron chi connectivity index (χ2n) is 4.64. The molecule has 0 radical (unpaired) electrons. The molecule has 0 aliphatic heterocycles. The highest BCUT2D eigenvalue weighted by Crippen LogP contribution is 2.20. The van der Waals surface area contributed by atoms with Crippen LogP contribution in [0.25, 0.3) is 0 Å². The summed E-state index contributed by atoms with van der Waals surface area (Å²) in [7, 11) is 1.49. The van der Waals surface area contributed by atoms with Crippen LogP contribution in [0.2, 0.25) is 0 Å². The van der Waals surface area contributed by atoms with Gasteiger partial charge in [-0.3, -0.25) is 0 Å². The molecule has 2 N–H and O–H groups in total. The van der Waals surface area contributed by atoms with Crippen molar-refractivity contribution in [1.82, 2.24) is 0 Å². The fourth-order valence-corrected chi connectivity index (χ4v) is 1.91. The first-order chi connectivity index (χ1) is 9.99. The van der Waals surface area contributed by atoms with Crippen molar-refractivity contribution in [3.63, 3.8) is 0 Å². The van der Waals surface area contributed by atoms with Gasteiger partial charge in [-0.25, -0.2) is 9.18 Å². The number of ether oxygens (including phenoxy) is 2. The minimum Gasteiger partial charge on any atom is -0.497 e. The fourth-order valence-electron chi connectivity index (χ4n) is 1.91. The van der Waals surface area contributed by atoms with Crippen LogP contribution in [-0.2, 0) is 11.3 Å². The molecule has 0 unspecified atom stereocenters. The number of carbonyl (C=O) groups excluding carboxylic acids is 1. The first-order valence-electron chi connectivity index (χ1n) is 6.36. The molecule has 4 nitrogen and oxygen atoms in total. The molecule has 0 aromatic heterocycles. The van der Waals surface area contributed by atoms with E-state index in [1.807, 2.05) is 0 Å². The number of nitrogens with two attached hydrogens (primary N) is 1. The molecule has 21 heavy (non-hydrogen) atoms. The van der Waals surface area contributed by atoms with Gasteiger partial charge >= 0.3 is 5.97 Å². The topological polar surface area (TPSA) is 61.5 Å². The van der Waals surface area contributed by atoms with E-state index in [1.165, 1.54) is 25.3 Å². The molecule has 110 valence electrons. The third-order valence-electron chi connectivity index (χ3n) is 3.06. The zero-order chi connectivity index (χ0) is 15.4. The number of methoxy groups -OCH3 is 1. The predicted molar refractivity (Wildman–Crippen MR) is 77.7 cm³/mol. The third-order valence-corrected chi connectivity index (χ3v) is 3.06. The van der Waals surface area contributed by atoms with E-state index in [0.717, 1.165) is 11.1 Å². The van der Waals surface area contributed by atoms with Crippen LogP contribution in [0.4, 0.5) is 10.1 Å². The summed E-state index contributed by atoms with van der Waals surface area (Å²) in [6, 6.07) is 9.00. The molecule has 0 atom stereocenters. The number of rotatable bonds is 4. The highest BCUT2D eigenvalue weighted by atomic mass is 19.1.